The summed E-state index contributed by atoms with van der Waals surface area (Å²) >= 11 is 0. The van der Waals surface area contributed by atoms with Crippen LogP contribution in [0.25, 0.3) is 0 Å². The monoisotopic (exact) mass is 288 g/mol. The molecule has 5 heteroatoms. The third-order valence-electron chi connectivity index (χ3n) is 4.60. The Balaban J connectivity index is 1.46. The van der Waals surface area contributed by atoms with E-state index in [9.17, 15) is 4.79 Å². The van der Waals surface area contributed by atoms with Gasteiger partial charge in [-0.1, -0.05) is 6.07 Å². The number of nitrogens with zero attached hydrogens (tertiary/aromatic N) is 4. The van der Waals surface area contributed by atoms with Crippen LogP contribution in [0.1, 0.15) is 12.1 Å². The third kappa shape index (κ3) is 3.24. The molecule has 5 nitrogen and oxygen atoms in total. The average molecular weight is 288 g/mol. The van der Waals surface area contributed by atoms with Crippen molar-refractivity contribution in [3.8, 4) is 0 Å². The molecule has 2 saturated heterocycles. The summed E-state index contributed by atoms with van der Waals surface area (Å²) in [6.07, 6.45) is 3.07. The fraction of sp³-hybridized carbons (Fsp3) is 0.625. The Bertz CT molecular complexity index is 496. The minimum Gasteiger partial charge on any atom is -0.348 e. The zero-order valence-corrected chi connectivity index (χ0v) is 13.0. The molecule has 0 atom stereocenters. The maximum Gasteiger partial charge on any atom is 0.236 e. The Morgan fingerprint density at radius 3 is 2.71 bits per heavy atom. The van der Waals surface area contributed by atoms with Gasteiger partial charge in [-0.15, -0.1) is 0 Å². The average Bonchev–Trinajstić information content (AvgIpc) is 2.83. The third-order valence-corrected chi connectivity index (χ3v) is 4.60. The second-order valence-corrected chi connectivity index (χ2v) is 6.72. The van der Waals surface area contributed by atoms with E-state index < -0.39 is 0 Å². The maximum atomic E-state index is 11.8. The highest BCUT2D eigenvalue weighted by atomic mass is 16.2. The Hall–Kier alpha value is -1.46. The molecule has 0 unspecified atom stereocenters. The Kier molecular flexibility index (Phi) is 3.95. The van der Waals surface area contributed by atoms with E-state index in [4.69, 9.17) is 0 Å². The first-order valence-corrected chi connectivity index (χ1v) is 7.61. The molecule has 2 aliphatic rings. The summed E-state index contributed by atoms with van der Waals surface area (Å²) in [4.78, 5) is 22.6. The highest BCUT2D eigenvalue weighted by molar-refractivity contribution is 5.77. The normalized spacial score (nSPS) is 21.4. The van der Waals surface area contributed by atoms with Crippen LogP contribution in [-0.4, -0.2) is 72.4 Å². The van der Waals surface area contributed by atoms with Crippen molar-refractivity contribution in [2.45, 2.75) is 13.0 Å². The zero-order valence-electron chi connectivity index (χ0n) is 13.0. The number of carbonyl (C=O) groups excluding carboxylic acids is 1. The van der Waals surface area contributed by atoms with Crippen molar-refractivity contribution in [2.75, 3.05) is 46.8 Å². The molecule has 114 valence electrons. The molecule has 0 bridgehead atoms. The minimum atomic E-state index is 0.205. The zero-order chi connectivity index (χ0) is 14.9. The van der Waals surface area contributed by atoms with E-state index >= 15 is 0 Å². The summed E-state index contributed by atoms with van der Waals surface area (Å²) in [7, 11) is 3.65. The first-order valence-electron chi connectivity index (χ1n) is 7.61. The fourth-order valence-corrected chi connectivity index (χ4v) is 3.49. The van der Waals surface area contributed by atoms with E-state index in [1.54, 1.807) is 4.90 Å². The van der Waals surface area contributed by atoms with Gasteiger partial charge in [0.1, 0.15) is 0 Å². The first-order chi connectivity index (χ1) is 10.1. The SMILES string of the molecule is CN(C)C(=O)CN1CCC2(C1)CN(Cc1ccccn1)C2. The van der Waals surface area contributed by atoms with Crippen LogP contribution in [0.5, 0.6) is 0 Å². The molecule has 0 N–H and O–H groups in total. The number of carbonyl (C=O) groups is 1. The van der Waals surface area contributed by atoms with Gasteiger partial charge in [-0.2, -0.15) is 0 Å². The van der Waals surface area contributed by atoms with Gasteiger partial charge in [0.05, 0.1) is 12.2 Å². The number of likely N-dealkylation sites (tertiary alicyclic amines) is 2. The lowest BCUT2D eigenvalue weighted by Crippen LogP contribution is -2.57. The van der Waals surface area contributed by atoms with E-state index in [2.05, 4.69) is 20.9 Å². The summed E-state index contributed by atoms with van der Waals surface area (Å²) in [5.74, 6) is 0.205. The molecule has 2 aliphatic heterocycles. The number of rotatable bonds is 4. The predicted molar refractivity (Wildman–Crippen MR) is 81.7 cm³/mol. The van der Waals surface area contributed by atoms with E-state index in [0.717, 1.165) is 38.4 Å². The van der Waals surface area contributed by atoms with Crippen molar-refractivity contribution in [1.82, 2.24) is 19.7 Å². The molecule has 21 heavy (non-hydrogen) atoms. The van der Waals surface area contributed by atoms with E-state index in [1.165, 1.54) is 6.42 Å². The maximum absolute atomic E-state index is 11.8. The molecule has 0 aromatic carbocycles. The van der Waals surface area contributed by atoms with E-state index in [1.807, 2.05) is 32.4 Å². The lowest BCUT2D eigenvalue weighted by Gasteiger charge is -2.48. The van der Waals surface area contributed by atoms with Gasteiger partial charge in [0.2, 0.25) is 5.91 Å². The summed E-state index contributed by atoms with van der Waals surface area (Å²) < 4.78 is 0. The minimum absolute atomic E-state index is 0.205. The van der Waals surface area contributed by atoms with Crippen molar-refractivity contribution < 1.29 is 4.79 Å². The van der Waals surface area contributed by atoms with Crippen LogP contribution in [0, 0.1) is 5.41 Å². The van der Waals surface area contributed by atoms with Crippen molar-refractivity contribution in [3.05, 3.63) is 30.1 Å². The van der Waals surface area contributed by atoms with Gasteiger partial charge in [0.25, 0.3) is 0 Å². The summed E-state index contributed by atoms with van der Waals surface area (Å²) in [5.41, 5.74) is 1.56. The van der Waals surface area contributed by atoms with Gasteiger partial charge in [-0.05, 0) is 25.1 Å². The number of amides is 1. The lowest BCUT2D eigenvalue weighted by molar-refractivity contribution is -0.129. The molecule has 1 aromatic heterocycles. The van der Waals surface area contributed by atoms with Gasteiger partial charge in [-0.25, -0.2) is 0 Å². The number of hydrogen-bond donors (Lipinski definition) is 0. The first kappa shape index (κ1) is 14.5. The summed E-state index contributed by atoms with van der Waals surface area (Å²) in [5, 5.41) is 0. The summed E-state index contributed by atoms with van der Waals surface area (Å²) in [6.45, 7) is 5.89. The van der Waals surface area contributed by atoms with Crippen LogP contribution in [0.4, 0.5) is 0 Å². The van der Waals surface area contributed by atoms with Gasteiger partial charge in [0, 0.05) is 51.9 Å². The van der Waals surface area contributed by atoms with Gasteiger partial charge in [0.15, 0.2) is 0 Å². The highest BCUT2D eigenvalue weighted by Crippen LogP contribution is 2.39. The quantitative estimate of drug-likeness (QED) is 0.817. The van der Waals surface area contributed by atoms with Crippen LogP contribution < -0.4 is 0 Å². The standard InChI is InChI=1S/C16H24N4O/c1-18(2)15(21)10-19-8-6-16(11-19)12-20(13-16)9-14-5-3-4-7-17-14/h3-5,7H,6,8-13H2,1-2H3. The molecule has 1 spiro atoms. The molecule has 1 aromatic rings. The van der Waals surface area contributed by atoms with Crippen molar-refractivity contribution in [1.29, 1.82) is 0 Å². The Morgan fingerprint density at radius 1 is 1.29 bits per heavy atom. The summed E-state index contributed by atoms with van der Waals surface area (Å²) in [6, 6.07) is 6.08. The molecular weight excluding hydrogens is 264 g/mol. The molecule has 3 heterocycles. The second-order valence-electron chi connectivity index (χ2n) is 6.72. The van der Waals surface area contributed by atoms with E-state index in [0.29, 0.717) is 12.0 Å². The Labute approximate surface area is 126 Å². The van der Waals surface area contributed by atoms with Crippen molar-refractivity contribution >= 4 is 5.91 Å². The largest absolute Gasteiger partial charge is 0.348 e. The van der Waals surface area contributed by atoms with Crippen molar-refractivity contribution in [2.24, 2.45) is 5.41 Å². The number of likely N-dealkylation sites (N-methyl/N-ethyl adjacent to an activating group) is 1. The number of hydrogen-bond acceptors (Lipinski definition) is 4. The molecule has 0 radical (unpaired) electrons. The van der Waals surface area contributed by atoms with Crippen molar-refractivity contribution in [3.63, 3.8) is 0 Å². The second kappa shape index (κ2) is 5.73. The lowest BCUT2D eigenvalue weighted by atomic mass is 9.79. The molecule has 1 amide bonds. The topological polar surface area (TPSA) is 39.7 Å². The Morgan fingerprint density at radius 2 is 2.05 bits per heavy atom. The fourth-order valence-electron chi connectivity index (χ4n) is 3.49. The molecular formula is C16H24N4O. The molecule has 3 rings (SSSR count). The predicted octanol–water partition coefficient (Wildman–Crippen LogP) is 0.678. The molecule has 0 saturated carbocycles. The van der Waals surface area contributed by atoms with Gasteiger partial charge >= 0.3 is 0 Å². The molecule has 0 aliphatic carbocycles. The van der Waals surface area contributed by atoms with Crippen LogP contribution in [0.15, 0.2) is 24.4 Å². The van der Waals surface area contributed by atoms with Gasteiger partial charge < -0.3 is 4.90 Å². The van der Waals surface area contributed by atoms with Gasteiger partial charge in [-0.3, -0.25) is 19.6 Å². The van der Waals surface area contributed by atoms with Crippen LogP contribution in [0.2, 0.25) is 0 Å². The molecule has 2 fully saturated rings. The smallest absolute Gasteiger partial charge is 0.236 e. The van der Waals surface area contributed by atoms with Crippen LogP contribution in [0.3, 0.4) is 0 Å². The number of aromatic nitrogens is 1. The van der Waals surface area contributed by atoms with E-state index in [-0.39, 0.29) is 5.91 Å². The van der Waals surface area contributed by atoms with Crippen LogP contribution in [-0.2, 0) is 11.3 Å². The van der Waals surface area contributed by atoms with Crippen LogP contribution >= 0.6 is 0 Å². The highest BCUT2D eigenvalue weighted by Gasteiger charge is 2.47. The number of pyridine rings is 1.